The van der Waals surface area contributed by atoms with E-state index in [9.17, 15) is 0 Å². The Morgan fingerprint density at radius 3 is 2.73 bits per heavy atom. The molecular weight excluding hydrogens is 290 g/mol. The highest BCUT2D eigenvalue weighted by atomic mass is 32.1. The molecule has 0 spiro atoms. The Labute approximate surface area is 133 Å². The maximum atomic E-state index is 4.75. The van der Waals surface area contributed by atoms with Crippen molar-refractivity contribution in [3.05, 3.63) is 58.9 Å². The van der Waals surface area contributed by atoms with Crippen molar-refractivity contribution in [1.29, 1.82) is 0 Å². The third-order valence-electron chi connectivity index (χ3n) is 3.77. The Morgan fingerprint density at radius 1 is 1.05 bits per heavy atom. The molecule has 0 aliphatic heterocycles. The lowest BCUT2D eigenvalue weighted by atomic mass is 10.1. The molecule has 4 heteroatoms. The van der Waals surface area contributed by atoms with Gasteiger partial charge in [-0.25, -0.2) is 9.97 Å². The Morgan fingerprint density at radius 2 is 1.91 bits per heavy atom. The molecule has 2 heterocycles. The first kappa shape index (κ1) is 13.5. The molecule has 0 saturated carbocycles. The van der Waals surface area contributed by atoms with E-state index >= 15 is 0 Å². The summed E-state index contributed by atoms with van der Waals surface area (Å²) in [5.74, 6) is 1.48. The van der Waals surface area contributed by atoms with Crippen molar-refractivity contribution < 1.29 is 0 Å². The van der Waals surface area contributed by atoms with Gasteiger partial charge in [-0.05, 0) is 29.8 Å². The topological polar surface area (TPSA) is 41.6 Å². The van der Waals surface area contributed by atoms with Crippen molar-refractivity contribution in [2.75, 3.05) is 0 Å². The van der Waals surface area contributed by atoms with Gasteiger partial charge < -0.3 is 4.98 Å². The van der Waals surface area contributed by atoms with Gasteiger partial charge in [0.15, 0.2) is 0 Å². The van der Waals surface area contributed by atoms with E-state index in [2.05, 4.69) is 48.1 Å². The Bertz CT molecular complexity index is 916. The molecule has 0 aliphatic carbocycles. The second kappa shape index (κ2) is 5.21. The average molecular weight is 307 g/mol. The van der Waals surface area contributed by atoms with Gasteiger partial charge in [0.25, 0.3) is 0 Å². The largest absolute Gasteiger partial charge is 0.342 e. The summed E-state index contributed by atoms with van der Waals surface area (Å²) >= 11 is 1.79. The number of nitrogens with zero attached hydrogens (tertiary/aromatic N) is 2. The van der Waals surface area contributed by atoms with Crippen molar-refractivity contribution in [3.8, 4) is 0 Å². The Hall–Kier alpha value is -2.20. The molecule has 0 unspecified atom stereocenters. The molecule has 2 aromatic carbocycles. The molecule has 0 amide bonds. The lowest BCUT2D eigenvalue weighted by Gasteiger charge is -1.98. The number of aromatic nitrogens is 3. The quantitative estimate of drug-likeness (QED) is 0.585. The summed E-state index contributed by atoms with van der Waals surface area (Å²) in [4.78, 5) is 12.8. The highest BCUT2D eigenvalue weighted by Crippen LogP contribution is 2.28. The van der Waals surface area contributed by atoms with Crippen LogP contribution in [0.25, 0.3) is 21.3 Å². The van der Waals surface area contributed by atoms with E-state index in [1.807, 2.05) is 18.2 Å². The fraction of sp³-hybridized carbons (Fsp3) is 0.222. The molecule has 3 nitrogen and oxygen atoms in total. The molecule has 2 aromatic heterocycles. The fourth-order valence-electron chi connectivity index (χ4n) is 2.63. The van der Waals surface area contributed by atoms with Crippen LogP contribution in [0.15, 0.2) is 42.5 Å². The second-order valence-corrected chi connectivity index (χ2v) is 6.95. The first-order valence-corrected chi connectivity index (χ1v) is 8.34. The summed E-state index contributed by atoms with van der Waals surface area (Å²) < 4.78 is 1.26. The summed E-state index contributed by atoms with van der Waals surface area (Å²) in [6.45, 7) is 4.38. The molecular formula is C18H17N3S. The van der Waals surface area contributed by atoms with Crippen LogP contribution in [0, 0.1) is 0 Å². The van der Waals surface area contributed by atoms with E-state index in [4.69, 9.17) is 4.98 Å². The van der Waals surface area contributed by atoms with Gasteiger partial charge in [0.05, 0.1) is 26.3 Å². The lowest BCUT2D eigenvalue weighted by molar-refractivity contribution is 0.856. The summed E-state index contributed by atoms with van der Waals surface area (Å²) in [5.41, 5.74) is 4.46. The van der Waals surface area contributed by atoms with E-state index in [0.29, 0.717) is 5.92 Å². The maximum absolute atomic E-state index is 4.75. The predicted octanol–water partition coefficient (Wildman–Crippen LogP) is 4.89. The molecule has 0 bridgehead atoms. The molecule has 0 fully saturated rings. The van der Waals surface area contributed by atoms with E-state index in [0.717, 1.165) is 28.8 Å². The zero-order chi connectivity index (χ0) is 15.1. The number of imidazole rings is 1. The first-order chi connectivity index (χ1) is 10.7. The van der Waals surface area contributed by atoms with Gasteiger partial charge in [-0.15, -0.1) is 11.3 Å². The second-order valence-electron chi connectivity index (χ2n) is 5.89. The highest BCUT2D eigenvalue weighted by molar-refractivity contribution is 7.18. The van der Waals surface area contributed by atoms with Gasteiger partial charge in [-0.1, -0.05) is 32.0 Å². The summed E-state index contributed by atoms with van der Waals surface area (Å²) in [6.07, 6.45) is 0.805. The highest BCUT2D eigenvalue weighted by Gasteiger charge is 2.09. The number of rotatable bonds is 3. The minimum atomic E-state index is 0.483. The van der Waals surface area contributed by atoms with E-state index < -0.39 is 0 Å². The van der Waals surface area contributed by atoms with Crippen LogP contribution in [0.4, 0.5) is 0 Å². The van der Waals surface area contributed by atoms with Crippen molar-refractivity contribution >= 4 is 32.6 Å². The summed E-state index contributed by atoms with van der Waals surface area (Å²) in [7, 11) is 0. The standard InChI is InChI=1S/C18H17N3S/c1-11(2)18-21-15-9-12(7-8-16(15)22-18)10-17-19-13-5-3-4-6-14(13)20-17/h3-9,11H,10H2,1-2H3,(H,19,20). The number of aromatic amines is 1. The van der Waals surface area contributed by atoms with Gasteiger partial charge in [-0.3, -0.25) is 0 Å². The molecule has 4 aromatic rings. The van der Waals surface area contributed by atoms with Crippen LogP contribution >= 0.6 is 11.3 Å². The zero-order valence-corrected chi connectivity index (χ0v) is 13.4. The third kappa shape index (κ3) is 2.40. The van der Waals surface area contributed by atoms with Crippen molar-refractivity contribution in [2.45, 2.75) is 26.2 Å². The van der Waals surface area contributed by atoms with Gasteiger partial charge in [0.1, 0.15) is 5.82 Å². The van der Waals surface area contributed by atoms with Crippen LogP contribution in [-0.4, -0.2) is 15.0 Å². The minimum absolute atomic E-state index is 0.483. The smallest absolute Gasteiger partial charge is 0.111 e. The maximum Gasteiger partial charge on any atom is 0.111 e. The van der Waals surface area contributed by atoms with E-state index in [1.165, 1.54) is 15.3 Å². The molecule has 0 saturated heterocycles. The van der Waals surface area contributed by atoms with Gasteiger partial charge in [-0.2, -0.15) is 0 Å². The Kier molecular flexibility index (Phi) is 3.19. The van der Waals surface area contributed by atoms with Crippen LogP contribution in [0.1, 0.15) is 36.2 Å². The van der Waals surface area contributed by atoms with Crippen molar-refractivity contribution in [2.24, 2.45) is 0 Å². The number of fused-ring (bicyclic) bond motifs is 2. The van der Waals surface area contributed by atoms with Crippen molar-refractivity contribution in [3.63, 3.8) is 0 Å². The average Bonchev–Trinajstić information content (AvgIpc) is 3.09. The van der Waals surface area contributed by atoms with Crippen LogP contribution in [-0.2, 0) is 6.42 Å². The van der Waals surface area contributed by atoms with Crippen molar-refractivity contribution in [1.82, 2.24) is 15.0 Å². The number of para-hydroxylation sites is 2. The fourth-order valence-corrected chi connectivity index (χ4v) is 3.58. The molecule has 4 rings (SSSR count). The summed E-state index contributed by atoms with van der Waals surface area (Å²) in [5, 5.41) is 1.20. The minimum Gasteiger partial charge on any atom is -0.342 e. The number of thiazole rings is 1. The molecule has 0 radical (unpaired) electrons. The monoisotopic (exact) mass is 307 g/mol. The van der Waals surface area contributed by atoms with E-state index in [1.54, 1.807) is 11.3 Å². The zero-order valence-electron chi connectivity index (χ0n) is 12.6. The first-order valence-electron chi connectivity index (χ1n) is 7.52. The SMILES string of the molecule is CC(C)c1nc2cc(Cc3nc4ccccc4[nH]3)ccc2s1. The normalized spacial score (nSPS) is 11.8. The molecule has 110 valence electrons. The van der Waals surface area contributed by atoms with Gasteiger partial charge in [0, 0.05) is 12.3 Å². The number of hydrogen-bond acceptors (Lipinski definition) is 3. The number of H-pyrrole nitrogens is 1. The molecule has 22 heavy (non-hydrogen) atoms. The van der Waals surface area contributed by atoms with Crippen LogP contribution in [0.2, 0.25) is 0 Å². The van der Waals surface area contributed by atoms with Crippen LogP contribution < -0.4 is 0 Å². The summed E-state index contributed by atoms with van der Waals surface area (Å²) in [6, 6.07) is 14.7. The predicted molar refractivity (Wildman–Crippen MR) is 92.6 cm³/mol. The van der Waals surface area contributed by atoms with E-state index in [-0.39, 0.29) is 0 Å². The number of benzene rings is 2. The van der Waals surface area contributed by atoms with Crippen LogP contribution in [0.5, 0.6) is 0 Å². The van der Waals surface area contributed by atoms with Gasteiger partial charge in [0.2, 0.25) is 0 Å². The molecule has 1 N–H and O–H groups in total. The lowest BCUT2D eigenvalue weighted by Crippen LogP contribution is -1.90. The van der Waals surface area contributed by atoms with Crippen LogP contribution in [0.3, 0.4) is 0 Å². The number of hydrogen-bond donors (Lipinski definition) is 1. The van der Waals surface area contributed by atoms with Gasteiger partial charge >= 0.3 is 0 Å². The number of nitrogens with one attached hydrogen (secondary N) is 1. The third-order valence-corrected chi connectivity index (χ3v) is 5.11. The molecule has 0 atom stereocenters. The Balaban J connectivity index is 1.68. The molecule has 0 aliphatic rings.